The molecule has 7 heteroatoms. The van der Waals surface area contributed by atoms with Gasteiger partial charge in [0.15, 0.2) is 0 Å². The second kappa shape index (κ2) is 7.76. The molecule has 2 aromatic carbocycles. The largest absolute Gasteiger partial charge is 0.340 e. The molecule has 2 rings (SSSR count). The first-order valence-electron chi connectivity index (χ1n) is 7.71. The average Bonchev–Trinajstić information content (AvgIpc) is 2.55. The molecule has 0 radical (unpaired) electrons. The molecule has 0 saturated carbocycles. The lowest BCUT2D eigenvalue weighted by Crippen LogP contribution is -2.39. The summed E-state index contributed by atoms with van der Waals surface area (Å²) in [6.45, 7) is 1.78. The molecule has 0 saturated heterocycles. The quantitative estimate of drug-likeness (QED) is 0.791. The lowest BCUT2D eigenvalue weighted by atomic mass is 10.2. The van der Waals surface area contributed by atoms with Crippen LogP contribution < -0.4 is 0 Å². The molecule has 0 aliphatic carbocycles. The maximum absolute atomic E-state index is 13.2. The van der Waals surface area contributed by atoms with Gasteiger partial charge in [0, 0.05) is 20.6 Å². The van der Waals surface area contributed by atoms with Crippen molar-refractivity contribution in [3.8, 4) is 0 Å². The smallest absolute Gasteiger partial charge is 0.243 e. The topological polar surface area (TPSA) is 57.7 Å². The number of amides is 1. The molecular formula is C18H21FN2O3S. The van der Waals surface area contributed by atoms with Gasteiger partial charge in [0.25, 0.3) is 0 Å². The van der Waals surface area contributed by atoms with Gasteiger partial charge in [0.1, 0.15) is 5.82 Å². The highest BCUT2D eigenvalue weighted by Gasteiger charge is 2.24. The maximum atomic E-state index is 13.2. The number of hydrogen-bond donors (Lipinski definition) is 0. The standard InChI is InChI=1S/C18H21FN2O3S/c1-14-7-9-17(10-8-14)25(23,24)21(3)13-18(22)20(2)12-15-5-4-6-16(19)11-15/h4-11H,12-13H2,1-3H3. The Labute approximate surface area is 147 Å². The molecule has 1 amide bonds. The van der Waals surface area contributed by atoms with Gasteiger partial charge in [-0.2, -0.15) is 4.31 Å². The van der Waals surface area contributed by atoms with Crippen LogP contribution in [0.25, 0.3) is 0 Å². The van der Waals surface area contributed by atoms with Gasteiger partial charge in [0.2, 0.25) is 15.9 Å². The normalized spacial score (nSPS) is 11.6. The van der Waals surface area contributed by atoms with E-state index in [9.17, 15) is 17.6 Å². The molecule has 0 heterocycles. The minimum absolute atomic E-state index is 0.140. The van der Waals surface area contributed by atoms with Crippen molar-refractivity contribution in [2.45, 2.75) is 18.4 Å². The molecule has 134 valence electrons. The zero-order valence-corrected chi connectivity index (χ0v) is 15.3. The third kappa shape index (κ3) is 4.87. The van der Waals surface area contributed by atoms with Gasteiger partial charge in [-0.1, -0.05) is 29.8 Å². The van der Waals surface area contributed by atoms with Gasteiger partial charge < -0.3 is 4.90 Å². The van der Waals surface area contributed by atoms with Crippen LogP contribution in [0.4, 0.5) is 4.39 Å². The van der Waals surface area contributed by atoms with E-state index in [4.69, 9.17) is 0 Å². The molecule has 0 aliphatic rings. The Bertz CT molecular complexity index is 851. The summed E-state index contributed by atoms with van der Waals surface area (Å²) in [6.07, 6.45) is 0. The van der Waals surface area contributed by atoms with Crippen LogP contribution in [0.15, 0.2) is 53.4 Å². The van der Waals surface area contributed by atoms with Gasteiger partial charge in [-0.05, 0) is 36.8 Å². The monoisotopic (exact) mass is 364 g/mol. The number of carbonyl (C=O) groups excluding carboxylic acids is 1. The van der Waals surface area contributed by atoms with Gasteiger partial charge in [-0.3, -0.25) is 4.79 Å². The van der Waals surface area contributed by atoms with Crippen LogP contribution in [0.3, 0.4) is 0 Å². The van der Waals surface area contributed by atoms with Crippen molar-refractivity contribution in [1.29, 1.82) is 0 Å². The number of aryl methyl sites for hydroxylation is 1. The summed E-state index contributed by atoms with van der Waals surface area (Å²) < 4.78 is 39.2. The van der Waals surface area contributed by atoms with Gasteiger partial charge >= 0.3 is 0 Å². The molecule has 0 unspecified atom stereocenters. The van der Waals surface area contributed by atoms with E-state index in [0.717, 1.165) is 9.87 Å². The predicted octanol–water partition coefficient (Wildman–Crippen LogP) is 2.41. The van der Waals surface area contributed by atoms with Crippen LogP contribution in [0.5, 0.6) is 0 Å². The highest BCUT2D eigenvalue weighted by molar-refractivity contribution is 7.89. The van der Waals surface area contributed by atoms with Crippen molar-refractivity contribution in [1.82, 2.24) is 9.21 Å². The second-order valence-electron chi connectivity index (χ2n) is 5.95. The predicted molar refractivity (Wildman–Crippen MR) is 93.9 cm³/mol. The van der Waals surface area contributed by atoms with Gasteiger partial charge in [0.05, 0.1) is 11.4 Å². The molecular weight excluding hydrogens is 343 g/mol. The number of rotatable bonds is 6. The molecule has 0 fully saturated rings. The van der Waals surface area contributed by atoms with Crippen molar-refractivity contribution in [2.75, 3.05) is 20.6 Å². The Kier molecular flexibility index (Phi) is 5.92. The van der Waals surface area contributed by atoms with E-state index in [1.807, 2.05) is 6.92 Å². The molecule has 0 aromatic heterocycles. The third-order valence-electron chi connectivity index (χ3n) is 3.82. The summed E-state index contributed by atoms with van der Waals surface area (Å²) >= 11 is 0. The van der Waals surface area contributed by atoms with Crippen LogP contribution in [-0.4, -0.2) is 44.2 Å². The fourth-order valence-corrected chi connectivity index (χ4v) is 3.40. The summed E-state index contributed by atoms with van der Waals surface area (Å²) in [7, 11) is -0.819. The first-order chi connectivity index (χ1) is 11.7. The summed E-state index contributed by atoms with van der Waals surface area (Å²) in [5.74, 6) is -0.750. The van der Waals surface area contributed by atoms with Crippen molar-refractivity contribution in [2.24, 2.45) is 0 Å². The van der Waals surface area contributed by atoms with Crippen molar-refractivity contribution in [3.63, 3.8) is 0 Å². The summed E-state index contributed by atoms with van der Waals surface area (Å²) in [4.78, 5) is 13.8. The molecule has 0 atom stereocenters. The SMILES string of the molecule is Cc1ccc(S(=O)(=O)N(C)CC(=O)N(C)Cc2cccc(F)c2)cc1. The van der Waals surface area contributed by atoms with Crippen LogP contribution >= 0.6 is 0 Å². The lowest BCUT2D eigenvalue weighted by Gasteiger charge is -2.22. The minimum atomic E-state index is -3.74. The summed E-state index contributed by atoms with van der Waals surface area (Å²) in [5, 5.41) is 0. The number of carbonyl (C=O) groups is 1. The highest BCUT2D eigenvalue weighted by Crippen LogP contribution is 2.15. The van der Waals surface area contributed by atoms with E-state index in [0.29, 0.717) is 5.56 Å². The number of nitrogens with zero attached hydrogens (tertiary/aromatic N) is 2. The Balaban J connectivity index is 2.04. The minimum Gasteiger partial charge on any atom is -0.340 e. The number of halogens is 1. The first-order valence-corrected chi connectivity index (χ1v) is 9.15. The Hall–Kier alpha value is -2.25. The van der Waals surface area contributed by atoms with Crippen LogP contribution in [0.1, 0.15) is 11.1 Å². The Morgan fingerprint density at radius 3 is 2.32 bits per heavy atom. The molecule has 0 aliphatic heterocycles. The molecule has 0 bridgehead atoms. The highest BCUT2D eigenvalue weighted by atomic mass is 32.2. The molecule has 25 heavy (non-hydrogen) atoms. The number of likely N-dealkylation sites (N-methyl/N-ethyl adjacent to an activating group) is 2. The van der Waals surface area contributed by atoms with Crippen molar-refractivity contribution < 1.29 is 17.6 Å². The fraction of sp³-hybridized carbons (Fsp3) is 0.278. The van der Waals surface area contributed by atoms with E-state index in [-0.39, 0.29) is 29.7 Å². The van der Waals surface area contributed by atoms with E-state index >= 15 is 0 Å². The molecule has 5 nitrogen and oxygen atoms in total. The van der Waals surface area contributed by atoms with Gasteiger partial charge in [-0.25, -0.2) is 12.8 Å². The zero-order valence-electron chi connectivity index (χ0n) is 14.4. The Morgan fingerprint density at radius 1 is 1.08 bits per heavy atom. The number of sulfonamides is 1. The van der Waals surface area contributed by atoms with Crippen LogP contribution in [0, 0.1) is 12.7 Å². The van der Waals surface area contributed by atoms with E-state index in [1.54, 1.807) is 31.3 Å². The van der Waals surface area contributed by atoms with E-state index < -0.39 is 10.0 Å². The maximum Gasteiger partial charge on any atom is 0.243 e. The number of hydrogen-bond acceptors (Lipinski definition) is 3. The van der Waals surface area contributed by atoms with E-state index in [2.05, 4.69) is 0 Å². The van der Waals surface area contributed by atoms with Gasteiger partial charge in [-0.15, -0.1) is 0 Å². The lowest BCUT2D eigenvalue weighted by molar-refractivity contribution is -0.130. The number of benzene rings is 2. The molecule has 2 aromatic rings. The summed E-state index contributed by atoms with van der Waals surface area (Å²) in [6, 6.07) is 12.4. The fourth-order valence-electron chi connectivity index (χ4n) is 2.28. The second-order valence-corrected chi connectivity index (χ2v) is 8.00. The van der Waals surface area contributed by atoms with Crippen molar-refractivity contribution in [3.05, 3.63) is 65.5 Å². The summed E-state index contributed by atoms with van der Waals surface area (Å²) in [5.41, 5.74) is 1.59. The van der Waals surface area contributed by atoms with Crippen LogP contribution in [-0.2, 0) is 21.4 Å². The Morgan fingerprint density at radius 2 is 1.72 bits per heavy atom. The molecule has 0 spiro atoms. The third-order valence-corrected chi connectivity index (χ3v) is 5.64. The zero-order chi connectivity index (χ0) is 18.6. The van der Waals surface area contributed by atoms with Crippen LogP contribution in [0.2, 0.25) is 0 Å². The first kappa shape index (κ1) is 19.1. The van der Waals surface area contributed by atoms with Crippen molar-refractivity contribution >= 4 is 15.9 Å². The average molecular weight is 364 g/mol. The van der Waals surface area contributed by atoms with E-state index in [1.165, 1.54) is 36.2 Å². The molecule has 0 N–H and O–H groups in total.